The number of hydrogen-bond donors (Lipinski definition) is 1. The number of carboxylic acid groups (broad SMARTS) is 1. The lowest BCUT2D eigenvalue weighted by Crippen LogP contribution is -2.50. The van der Waals surface area contributed by atoms with E-state index in [1.54, 1.807) is 6.20 Å². The molecule has 1 aromatic carbocycles. The lowest BCUT2D eigenvalue weighted by molar-refractivity contribution is -0.144. The molecule has 2 heterocycles. The lowest BCUT2D eigenvalue weighted by atomic mass is 9.81. The van der Waals surface area contributed by atoms with Gasteiger partial charge in [0, 0.05) is 57.1 Å². The molecule has 0 bridgehead atoms. The summed E-state index contributed by atoms with van der Waals surface area (Å²) in [5, 5.41) is 9.26. The van der Waals surface area contributed by atoms with Crippen molar-refractivity contribution in [3.63, 3.8) is 0 Å². The van der Waals surface area contributed by atoms with Crippen LogP contribution in [0.1, 0.15) is 25.7 Å². The van der Waals surface area contributed by atoms with Gasteiger partial charge < -0.3 is 10.0 Å². The molecule has 1 saturated heterocycles. The number of carbonyl (C=O) groups is 2. The summed E-state index contributed by atoms with van der Waals surface area (Å²) in [6.07, 6.45) is 4.13. The Hall–Kier alpha value is -2.93. The number of benzene rings is 1. The van der Waals surface area contributed by atoms with E-state index >= 15 is 0 Å². The summed E-state index contributed by atoms with van der Waals surface area (Å²) in [4.78, 5) is 35.7. The highest BCUT2D eigenvalue weighted by atomic mass is 16.4. The fourth-order valence-electron chi connectivity index (χ4n) is 4.77. The van der Waals surface area contributed by atoms with Gasteiger partial charge in [0.2, 0.25) is 5.91 Å². The van der Waals surface area contributed by atoms with E-state index in [0.717, 1.165) is 32.7 Å². The highest BCUT2D eigenvalue weighted by Gasteiger charge is 2.33. The molecule has 1 aliphatic heterocycles. The minimum Gasteiger partial charge on any atom is -0.481 e. The van der Waals surface area contributed by atoms with Crippen LogP contribution in [0.3, 0.4) is 0 Å². The van der Waals surface area contributed by atoms with E-state index in [-0.39, 0.29) is 17.7 Å². The van der Waals surface area contributed by atoms with Crippen molar-refractivity contribution in [2.75, 3.05) is 49.1 Å². The number of amides is 1. The van der Waals surface area contributed by atoms with Crippen molar-refractivity contribution >= 4 is 23.4 Å². The molecule has 7 nitrogen and oxygen atoms in total. The summed E-state index contributed by atoms with van der Waals surface area (Å²) < 4.78 is 0. The normalized spacial score (nSPS) is 21.8. The topological polar surface area (TPSA) is 77.0 Å². The van der Waals surface area contributed by atoms with Crippen molar-refractivity contribution in [3.8, 4) is 0 Å². The molecule has 2 aromatic rings. The number of anilines is 2. The molecule has 0 radical (unpaired) electrons. The zero-order valence-electron chi connectivity index (χ0n) is 18.5. The van der Waals surface area contributed by atoms with Crippen LogP contribution >= 0.6 is 0 Å². The molecule has 1 N–H and O–H groups in total. The number of nitrogens with zero attached hydrogens (tertiary/aromatic N) is 4. The maximum absolute atomic E-state index is 13.4. The predicted octanol–water partition coefficient (Wildman–Crippen LogP) is 3.13. The standard InChI is InChI=1S/C25H32N4O3/c30-24(20-9-11-21(12-10-20)25(31)32)29(23-8-4-5-13-26-23)19-16-27-14-17-28(18-15-27)22-6-2-1-3-7-22/h1-8,13,20-21H,9-12,14-19H2,(H,31,32)/t20-,21-. The number of piperazine rings is 1. The number of aromatic nitrogens is 1. The van der Waals surface area contributed by atoms with Gasteiger partial charge in [-0.3, -0.25) is 19.4 Å². The Labute approximate surface area is 189 Å². The van der Waals surface area contributed by atoms with Crippen molar-refractivity contribution in [1.29, 1.82) is 0 Å². The predicted molar refractivity (Wildman–Crippen MR) is 125 cm³/mol. The van der Waals surface area contributed by atoms with Crippen LogP contribution in [0.15, 0.2) is 54.7 Å². The summed E-state index contributed by atoms with van der Waals surface area (Å²) in [5.74, 6) is -0.422. The van der Waals surface area contributed by atoms with Crippen molar-refractivity contribution in [3.05, 3.63) is 54.7 Å². The molecule has 1 amide bonds. The number of carbonyl (C=O) groups excluding carboxylic acids is 1. The van der Waals surface area contributed by atoms with Crippen LogP contribution in [0, 0.1) is 11.8 Å². The summed E-state index contributed by atoms with van der Waals surface area (Å²) in [5.41, 5.74) is 1.26. The second-order valence-electron chi connectivity index (χ2n) is 8.73. The Morgan fingerprint density at radius 2 is 1.56 bits per heavy atom. The van der Waals surface area contributed by atoms with Gasteiger partial charge in [-0.15, -0.1) is 0 Å². The Kier molecular flexibility index (Phi) is 7.37. The summed E-state index contributed by atoms with van der Waals surface area (Å²) in [6.45, 7) is 5.27. The molecule has 0 atom stereocenters. The van der Waals surface area contributed by atoms with Crippen LogP contribution in [-0.4, -0.2) is 66.1 Å². The summed E-state index contributed by atoms with van der Waals surface area (Å²) in [6, 6.07) is 16.1. The van der Waals surface area contributed by atoms with Gasteiger partial charge >= 0.3 is 5.97 Å². The fourth-order valence-corrected chi connectivity index (χ4v) is 4.77. The maximum Gasteiger partial charge on any atom is 0.306 e. The Balaban J connectivity index is 1.35. The van der Waals surface area contributed by atoms with Gasteiger partial charge in [0.25, 0.3) is 0 Å². The highest BCUT2D eigenvalue weighted by Crippen LogP contribution is 2.31. The number of pyridine rings is 1. The van der Waals surface area contributed by atoms with Gasteiger partial charge in [-0.25, -0.2) is 4.98 Å². The highest BCUT2D eigenvalue weighted by molar-refractivity contribution is 5.94. The summed E-state index contributed by atoms with van der Waals surface area (Å²) >= 11 is 0. The fraction of sp³-hybridized carbons (Fsp3) is 0.480. The third-order valence-electron chi connectivity index (χ3n) is 6.75. The Morgan fingerprint density at radius 1 is 0.906 bits per heavy atom. The van der Waals surface area contributed by atoms with Crippen LogP contribution in [0.5, 0.6) is 0 Å². The number of rotatable bonds is 7. The molecule has 4 rings (SSSR count). The van der Waals surface area contributed by atoms with Gasteiger partial charge in [-0.05, 0) is 49.9 Å². The van der Waals surface area contributed by atoms with Crippen molar-refractivity contribution in [2.24, 2.45) is 11.8 Å². The van der Waals surface area contributed by atoms with E-state index < -0.39 is 5.97 Å². The van der Waals surface area contributed by atoms with Crippen molar-refractivity contribution in [2.45, 2.75) is 25.7 Å². The molecule has 0 spiro atoms. The Morgan fingerprint density at radius 3 is 2.19 bits per heavy atom. The lowest BCUT2D eigenvalue weighted by Gasteiger charge is -2.37. The molecular formula is C25H32N4O3. The van der Waals surface area contributed by atoms with Crippen LogP contribution < -0.4 is 9.80 Å². The second-order valence-corrected chi connectivity index (χ2v) is 8.73. The third kappa shape index (κ3) is 5.46. The van der Waals surface area contributed by atoms with E-state index in [9.17, 15) is 14.7 Å². The molecule has 1 saturated carbocycles. The number of carboxylic acids is 1. The molecule has 1 aromatic heterocycles. The van der Waals surface area contributed by atoms with Gasteiger partial charge in [-0.2, -0.15) is 0 Å². The second kappa shape index (κ2) is 10.6. The maximum atomic E-state index is 13.4. The molecule has 170 valence electrons. The SMILES string of the molecule is O=C(O)[C@H]1CC[C@H](C(=O)N(CCN2CCN(c3ccccc3)CC2)c2ccccn2)CC1. The van der Waals surface area contributed by atoms with Crippen molar-refractivity contribution in [1.82, 2.24) is 9.88 Å². The smallest absolute Gasteiger partial charge is 0.306 e. The minimum atomic E-state index is -0.743. The van der Waals surface area contributed by atoms with Crippen LogP contribution in [0.25, 0.3) is 0 Å². The Bertz CT molecular complexity index is 877. The number of aliphatic carboxylic acids is 1. The molecule has 7 heteroatoms. The zero-order valence-corrected chi connectivity index (χ0v) is 18.5. The average molecular weight is 437 g/mol. The molecule has 0 unspecified atom stereocenters. The van der Waals surface area contributed by atoms with Gasteiger partial charge in [-0.1, -0.05) is 24.3 Å². The largest absolute Gasteiger partial charge is 0.481 e. The number of para-hydroxylation sites is 1. The first-order valence-corrected chi connectivity index (χ1v) is 11.6. The average Bonchev–Trinajstić information content (AvgIpc) is 2.85. The summed E-state index contributed by atoms with van der Waals surface area (Å²) in [7, 11) is 0. The van der Waals surface area contributed by atoms with E-state index in [4.69, 9.17) is 0 Å². The monoisotopic (exact) mass is 436 g/mol. The van der Waals surface area contributed by atoms with Gasteiger partial charge in [0.05, 0.1) is 5.92 Å². The first kappa shape index (κ1) is 22.3. The van der Waals surface area contributed by atoms with Crippen LogP contribution in [0.4, 0.5) is 11.5 Å². The first-order valence-electron chi connectivity index (χ1n) is 11.6. The molecular weight excluding hydrogens is 404 g/mol. The minimum absolute atomic E-state index is 0.0791. The first-order chi connectivity index (χ1) is 15.6. The third-order valence-corrected chi connectivity index (χ3v) is 6.75. The van der Waals surface area contributed by atoms with Gasteiger partial charge in [0.15, 0.2) is 0 Å². The molecule has 2 fully saturated rings. The quantitative estimate of drug-likeness (QED) is 0.719. The molecule has 1 aliphatic carbocycles. The molecule has 2 aliphatic rings. The molecule has 32 heavy (non-hydrogen) atoms. The number of hydrogen-bond acceptors (Lipinski definition) is 5. The van der Waals surface area contributed by atoms with Crippen LogP contribution in [-0.2, 0) is 9.59 Å². The van der Waals surface area contributed by atoms with Crippen molar-refractivity contribution < 1.29 is 14.7 Å². The van der Waals surface area contributed by atoms with Gasteiger partial charge in [0.1, 0.15) is 5.82 Å². The van der Waals surface area contributed by atoms with E-state index in [0.29, 0.717) is 38.0 Å². The zero-order chi connectivity index (χ0) is 22.3. The van der Waals surface area contributed by atoms with E-state index in [1.807, 2.05) is 29.2 Å². The van der Waals surface area contributed by atoms with E-state index in [1.165, 1.54) is 5.69 Å². The van der Waals surface area contributed by atoms with Crippen LogP contribution in [0.2, 0.25) is 0 Å². The van der Waals surface area contributed by atoms with E-state index in [2.05, 4.69) is 39.0 Å².